The standard InChI is InChI=1S/C9H21NO3/c1-7(5-6-11-2)8(10)9(12-3)13-4/h7-9H,5-6,10H2,1-4H3. The summed E-state index contributed by atoms with van der Waals surface area (Å²) >= 11 is 0. The Labute approximate surface area is 80.3 Å². The van der Waals surface area contributed by atoms with Gasteiger partial charge >= 0.3 is 0 Å². The molecule has 0 fully saturated rings. The van der Waals surface area contributed by atoms with E-state index in [1.165, 1.54) is 0 Å². The molecule has 2 unspecified atom stereocenters. The zero-order valence-electron chi connectivity index (χ0n) is 8.95. The summed E-state index contributed by atoms with van der Waals surface area (Å²) in [5.74, 6) is 0.324. The predicted octanol–water partition coefficient (Wildman–Crippen LogP) is 0.605. The Bertz CT molecular complexity index is 117. The molecule has 2 atom stereocenters. The Balaban J connectivity index is 3.83. The molecule has 4 heteroatoms. The molecular weight excluding hydrogens is 170 g/mol. The minimum absolute atomic E-state index is 0.106. The molecule has 0 aromatic rings. The highest BCUT2D eigenvalue weighted by Crippen LogP contribution is 2.12. The minimum atomic E-state index is -0.327. The second-order valence-electron chi connectivity index (χ2n) is 3.18. The molecule has 2 N–H and O–H groups in total. The van der Waals surface area contributed by atoms with Gasteiger partial charge in [0.25, 0.3) is 0 Å². The lowest BCUT2D eigenvalue weighted by Crippen LogP contribution is -2.42. The van der Waals surface area contributed by atoms with Crippen molar-refractivity contribution in [3.8, 4) is 0 Å². The van der Waals surface area contributed by atoms with Crippen LogP contribution in [0.4, 0.5) is 0 Å². The van der Waals surface area contributed by atoms with Crippen molar-refractivity contribution < 1.29 is 14.2 Å². The van der Waals surface area contributed by atoms with E-state index in [2.05, 4.69) is 6.92 Å². The topological polar surface area (TPSA) is 53.7 Å². The molecule has 0 rings (SSSR count). The van der Waals surface area contributed by atoms with E-state index in [1.54, 1.807) is 21.3 Å². The number of nitrogens with two attached hydrogens (primary N) is 1. The lowest BCUT2D eigenvalue weighted by molar-refractivity contribution is -0.125. The average Bonchev–Trinajstić information content (AvgIpc) is 2.15. The molecule has 0 aliphatic rings. The molecule has 4 nitrogen and oxygen atoms in total. The molecular formula is C9H21NO3. The highest BCUT2D eigenvalue weighted by molar-refractivity contribution is 4.72. The molecule has 0 aliphatic heterocycles. The number of rotatable bonds is 7. The number of hydrogen-bond donors (Lipinski definition) is 1. The van der Waals surface area contributed by atoms with Crippen molar-refractivity contribution in [2.45, 2.75) is 25.7 Å². The summed E-state index contributed by atoms with van der Waals surface area (Å²) < 4.78 is 15.1. The summed E-state index contributed by atoms with van der Waals surface area (Å²) in [7, 11) is 4.87. The highest BCUT2D eigenvalue weighted by Gasteiger charge is 2.22. The average molecular weight is 191 g/mol. The molecule has 80 valence electrons. The van der Waals surface area contributed by atoms with E-state index in [-0.39, 0.29) is 12.3 Å². The van der Waals surface area contributed by atoms with Gasteiger partial charge in [-0.05, 0) is 12.3 Å². The predicted molar refractivity (Wildman–Crippen MR) is 51.4 cm³/mol. The smallest absolute Gasteiger partial charge is 0.172 e. The summed E-state index contributed by atoms with van der Waals surface area (Å²) in [5.41, 5.74) is 5.92. The fourth-order valence-electron chi connectivity index (χ4n) is 1.17. The molecule has 13 heavy (non-hydrogen) atoms. The van der Waals surface area contributed by atoms with E-state index in [0.29, 0.717) is 5.92 Å². The van der Waals surface area contributed by atoms with Crippen LogP contribution in [-0.4, -0.2) is 40.3 Å². The lowest BCUT2D eigenvalue weighted by atomic mass is 9.99. The van der Waals surface area contributed by atoms with Gasteiger partial charge < -0.3 is 19.9 Å². The first-order valence-electron chi connectivity index (χ1n) is 4.47. The molecule has 0 bridgehead atoms. The quantitative estimate of drug-likeness (QED) is 0.599. The third-order valence-corrected chi connectivity index (χ3v) is 2.21. The fourth-order valence-corrected chi connectivity index (χ4v) is 1.17. The Morgan fingerprint density at radius 2 is 1.69 bits per heavy atom. The molecule has 0 saturated carbocycles. The van der Waals surface area contributed by atoms with Gasteiger partial charge in [-0.1, -0.05) is 6.92 Å². The third kappa shape index (κ3) is 4.57. The van der Waals surface area contributed by atoms with Gasteiger partial charge in [-0.15, -0.1) is 0 Å². The van der Waals surface area contributed by atoms with Gasteiger partial charge in [-0.25, -0.2) is 0 Å². The molecule has 0 saturated heterocycles. The van der Waals surface area contributed by atoms with Gasteiger partial charge in [0.15, 0.2) is 6.29 Å². The summed E-state index contributed by atoms with van der Waals surface area (Å²) in [5, 5.41) is 0. The normalized spacial score (nSPS) is 16.2. The first kappa shape index (κ1) is 12.8. The van der Waals surface area contributed by atoms with Crippen molar-refractivity contribution in [1.29, 1.82) is 0 Å². The maximum absolute atomic E-state index is 5.92. The monoisotopic (exact) mass is 191 g/mol. The summed E-state index contributed by atoms with van der Waals surface area (Å²) in [6, 6.07) is -0.106. The van der Waals surface area contributed by atoms with Crippen LogP contribution in [0.15, 0.2) is 0 Å². The summed E-state index contributed by atoms with van der Waals surface area (Å²) in [6.45, 7) is 2.78. The van der Waals surface area contributed by atoms with E-state index < -0.39 is 0 Å². The fraction of sp³-hybridized carbons (Fsp3) is 1.00. The van der Waals surface area contributed by atoms with E-state index in [1.807, 2.05) is 0 Å². The molecule has 0 aliphatic carbocycles. The molecule has 0 aromatic carbocycles. The van der Waals surface area contributed by atoms with Crippen LogP contribution < -0.4 is 5.73 Å². The van der Waals surface area contributed by atoms with Gasteiger partial charge in [-0.2, -0.15) is 0 Å². The van der Waals surface area contributed by atoms with Gasteiger partial charge in [0.2, 0.25) is 0 Å². The van der Waals surface area contributed by atoms with Gasteiger partial charge in [0.1, 0.15) is 0 Å². The molecule has 0 heterocycles. The van der Waals surface area contributed by atoms with Crippen molar-refractivity contribution in [2.24, 2.45) is 11.7 Å². The van der Waals surface area contributed by atoms with Crippen LogP contribution in [0.2, 0.25) is 0 Å². The largest absolute Gasteiger partial charge is 0.385 e. The molecule has 0 radical (unpaired) electrons. The maximum atomic E-state index is 5.92. The zero-order chi connectivity index (χ0) is 10.3. The Kier molecular flexibility index (Phi) is 7.17. The second kappa shape index (κ2) is 7.26. The van der Waals surface area contributed by atoms with E-state index >= 15 is 0 Å². The summed E-state index contributed by atoms with van der Waals surface area (Å²) in [4.78, 5) is 0. The van der Waals surface area contributed by atoms with E-state index in [9.17, 15) is 0 Å². The van der Waals surface area contributed by atoms with E-state index in [0.717, 1.165) is 13.0 Å². The van der Waals surface area contributed by atoms with Crippen molar-refractivity contribution in [3.05, 3.63) is 0 Å². The number of hydrogen-bond acceptors (Lipinski definition) is 4. The Morgan fingerprint density at radius 1 is 1.15 bits per heavy atom. The van der Waals surface area contributed by atoms with Crippen LogP contribution in [0.3, 0.4) is 0 Å². The van der Waals surface area contributed by atoms with Gasteiger partial charge in [-0.3, -0.25) is 0 Å². The third-order valence-electron chi connectivity index (χ3n) is 2.21. The van der Waals surface area contributed by atoms with Crippen LogP contribution >= 0.6 is 0 Å². The SMILES string of the molecule is COCCC(C)C(N)C(OC)OC. The molecule has 0 amide bonds. The number of ether oxygens (including phenoxy) is 3. The van der Waals surface area contributed by atoms with Crippen LogP contribution in [0, 0.1) is 5.92 Å². The minimum Gasteiger partial charge on any atom is -0.385 e. The van der Waals surface area contributed by atoms with E-state index in [4.69, 9.17) is 19.9 Å². The number of methoxy groups -OCH3 is 3. The first-order valence-corrected chi connectivity index (χ1v) is 4.47. The highest BCUT2D eigenvalue weighted by atomic mass is 16.7. The first-order chi connectivity index (χ1) is 6.17. The van der Waals surface area contributed by atoms with Crippen molar-refractivity contribution >= 4 is 0 Å². The van der Waals surface area contributed by atoms with Crippen molar-refractivity contribution in [3.63, 3.8) is 0 Å². The molecule has 0 aromatic heterocycles. The Morgan fingerprint density at radius 3 is 2.08 bits per heavy atom. The summed E-state index contributed by atoms with van der Waals surface area (Å²) in [6.07, 6.45) is 0.591. The zero-order valence-corrected chi connectivity index (χ0v) is 8.95. The van der Waals surface area contributed by atoms with Crippen LogP contribution in [0.5, 0.6) is 0 Å². The van der Waals surface area contributed by atoms with Crippen LogP contribution in [-0.2, 0) is 14.2 Å². The molecule has 0 spiro atoms. The van der Waals surface area contributed by atoms with Crippen molar-refractivity contribution in [2.75, 3.05) is 27.9 Å². The second-order valence-corrected chi connectivity index (χ2v) is 3.18. The lowest BCUT2D eigenvalue weighted by Gasteiger charge is -2.26. The van der Waals surface area contributed by atoms with Crippen molar-refractivity contribution in [1.82, 2.24) is 0 Å². The van der Waals surface area contributed by atoms with Gasteiger partial charge in [0.05, 0.1) is 6.04 Å². The Hall–Kier alpha value is -0.160. The van der Waals surface area contributed by atoms with Crippen LogP contribution in [0.25, 0.3) is 0 Å². The van der Waals surface area contributed by atoms with Gasteiger partial charge in [0, 0.05) is 27.9 Å². The van der Waals surface area contributed by atoms with Crippen LogP contribution in [0.1, 0.15) is 13.3 Å². The maximum Gasteiger partial charge on any atom is 0.172 e.